The minimum Gasteiger partial charge on any atom is -0.330 e. The monoisotopic (exact) mass is 340 g/mol. The number of hydrogen-bond acceptors (Lipinski definition) is 3. The van der Waals surface area contributed by atoms with Crippen molar-refractivity contribution >= 4 is 5.91 Å². The Hall–Kier alpha value is -2.37. The van der Waals surface area contributed by atoms with Gasteiger partial charge in [-0.25, -0.2) is 0 Å². The zero-order valence-electron chi connectivity index (χ0n) is 14.6. The molecule has 0 radical (unpaired) electrons. The number of hydrogen-bond donors (Lipinski definition) is 2. The lowest BCUT2D eigenvalue weighted by Crippen LogP contribution is -2.41. The Morgan fingerprint density at radius 1 is 1.24 bits per heavy atom. The molecular weight excluding hydrogens is 316 g/mol. The van der Waals surface area contributed by atoms with Crippen molar-refractivity contribution in [1.82, 2.24) is 20.1 Å². The van der Waals surface area contributed by atoms with E-state index in [1.165, 1.54) is 0 Å². The number of carbonyl (C=O) groups excluding carboxylic acids is 1. The fraction of sp³-hybridized carbons (Fsp3) is 0.526. The number of piperidine rings is 1. The molecule has 3 heterocycles. The van der Waals surface area contributed by atoms with E-state index in [1.807, 2.05) is 17.9 Å². The minimum atomic E-state index is -0.253. The van der Waals surface area contributed by atoms with Crippen LogP contribution >= 0.6 is 0 Å². The van der Waals surface area contributed by atoms with E-state index in [1.54, 1.807) is 6.20 Å². The van der Waals surface area contributed by atoms with Crippen LogP contribution in [-0.2, 0) is 12.8 Å². The van der Waals surface area contributed by atoms with E-state index in [0.29, 0.717) is 6.54 Å². The van der Waals surface area contributed by atoms with E-state index < -0.39 is 0 Å². The molecular formula is C19H24N4O2. The standard InChI is InChI=1S/C19H24N4O2/c1-12-11-20-22-17(12)16-8-4-5-9-23(16)19(25)14-10-13-6-2-3-7-15(13)21-18(14)24/h10-11,16H,2-9H2,1H3,(H,20,22)(H,21,24). The highest BCUT2D eigenvalue weighted by molar-refractivity contribution is 5.94. The Balaban J connectivity index is 1.69. The summed E-state index contributed by atoms with van der Waals surface area (Å²) in [4.78, 5) is 30.5. The second-order valence-corrected chi connectivity index (χ2v) is 7.20. The van der Waals surface area contributed by atoms with E-state index in [9.17, 15) is 9.59 Å². The first kappa shape index (κ1) is 16.1. The lowest BCUT2D eigenvalue weighted by molar-refractivity contribution is 0.0603. The van der Waals surface area contributed by atoms with Gasteiger partial charge in [-0.1, -0.05) is 0 Å². The van der Waals surface area contributed by atoms with Crippen LogP contribution in [0.4, 0.5) is 0 Å². The normalized spacial score (nSPS) is 20.4. The molecule has 6 heteroatoms. The average Bonchev–Trinajstić information content (AvgIpc) is 3.06. The van der Waals surface area contributed by atoms with Crippen molar-refractivity contribution in [2.45, 2.75) is 57.9 Å². The fourth-order valence-electron chi connectivity index (χ4n) is 4.16. The summed E-state index contributed by atoms with van der Waals surface area (Å²) in [6.07, 6.45) is 8.80. The van der Waals surface area contributed by atoms with Gasteiger partial charge in [0.15, 0.2) is 0 Å². The molecule has 25 heavy (non-hydrogen) atoms. The number of amides is 1. The van der Waals surface area contributed by atoms with E-state index in [-0.39, 0.29) is 23.1 Å². The number of nitrogens with one attached hydrogen (secondary N) is 2. The molecule has 1 amide bonds. The van der Waals surface area contributed by atoms with E-state index >= 15 is 0 Å². The van der Waals surface area contributed by atoms with Gasteiger partial charge in [0.2, 0.25) is 0 Å². The van der Waals surface area contributed by atoms with E-state index in [4.69, 9.17) is 0 Å². The first-order chi connectivity index (χ1) is 12.1. The number of aromatic amines is 2. The van der Waals surface area contributed by atoms with Gasteiger partial charge in [0.1, 0.15) is 5.56 Å². The van der Waals surface area contributed by atoms with E-state index in [0.717, 1.165) is 67.5 Å². The van der Waals surface area contributed by atoms with Gasteiger partial charge in [-0.2, -0.15) is 5.10 Å². The molecule has 2 aliphatic rings. The van der Waals surface area contributed by atoms with Gasteiger partial charge in [-0.05, 0) is 69.1 Å². The molecule has 1 aliphatic carbocycles. The van der Waals surface area contributed by atoms with Gasteiger partial charge in [-0.15, -0.1) is 0 Å². The maximum atomic E-state index is 13.2. The lowest BCUT2D eigenvalue weighted by Gasteiger charge is -2.35. The van der Waals surface area contributed by atoms with Crippen LogP contribution in [0.3, 0.4) is 0 Å². The number of rotatable bonds is 2. The third kappa shape index (κ3) is 2.90. The molecule has 0 saturated carbocycles. The molecule has 0 aromatic carbocycles. The summed E-state index contributed by atoms with van der Waals surface area (Å²) in [5.41, 5.74) is 4.21. The predicted octanol–water partition coefficient (Wildman–Crippen LogP) is 2.65. The van der Waals surface area contributed by atoms with Gasteiger partial charge >= 0.3 is 0 Å². The van der Waals surface area contributed by atoms with Crippen molar-refractivity contribution in [3.63, 3.8) is 0 Å². The number of aromatic nitrogens is 3. The summed E-state index contributed by atoms with van der Waals surface area (Å²) in [6, 6.07) is 1.81. The van der Waals surface area contributed by atoms with Crippen molar-refractivity contribution in [3.05, 3.63) is 50.7 Å². The van der Waals surface area contributed by atoms with Crippen LogP contribution < -0.4 is 5.56 Å². The van der Waals surface area contributed by atoms with Crippen LogP contribution in [0.1, 0.15) is 71.0 Å². The van der Waals surface area contributed by atoms with Gasteiger partial charge in [0.05, 0.1) is 17.9 Å². The van der Waals surface area contributed by atoms with Crippen LogP contribution in [0.2, 0.25) is 0 Å². The highest BCUT2D eigenvalue weighted by Gasteiger charge is 2.32. The molecule has 4 rings (SSSR count). The van der Waals surface area contributed by atoms with Crippen molar-refractivity contribution in [3.8, 4) is 0 Å². The number of aryl methyl sites for hydroxylation is 3. The van der Waals surface area contributed by atoms with Crippen molar-refractivity contribution in [1.29, 1.82) is 0 Å². The smallest absolute Gasteiger partial charge is 0.261 e. The molecule has 1 aliphatic heterocycles. The summed E-state index contributed by atoms with van der Waals surface area (Å²) in [5.74, 6) is -0.159. The number of likely N-dealkylation sites (tertiary alicyclic amines) is 1. The largest absolute Gasteiger partial charge is 0.330 e. The molecule has 1 unspecified atom stereocenters. The van der Waals surface area contributed by atoms with Gasteiger partial charge in [-0.3, -0.25) is 14.7 Å². The van der Waals surface area contributed by atoms with Crippen LogP contribution in [0, 0.1) is 6.92 Å². The SMILES string of the molecule is Cc1cn[nH]c1C1CCCCN1C(=O)c1cc2c([nH]c1=O)CCCC2. The first-order valence-corrected chi connectivity index (χ1v) is 9.21. The number of pyridine rings is 1. The van der Waals surface area contributed by atoms with Crippen LogP contribution in [0.5, 0.6) is 0 Å². The zero-order chi connectivity index (χ0) is 17.4. The zero-order valence-corrected chi connectivity index (χ0v) is 14.6. The van der Waals surface area contributed by atoms with Gasteiger partial charge in [0, 0.05) is 12.2 Å². The van der Waals surface area contributed by atoms with Crippen molar-refractivity contribution in [2.24, 2.45) is 0 Å². The third-order valence-corrected chi connectivity index (χ3v) is 5.53. The number of nitrogens with zero attached hydrogens (tertiary/aromatic N) is 2. The Bertz CT molecular complexity index is 851. The second kappa shape index (κ2) is 6.50. The van der Waals surface area contributed by atoms with Crippen molar-refractivity contribution < 1.29 is 4.79 Å². The molecule has 0 spiro atoms. The topological polar surface area (TPSA) is 81.8 Å². The average molecular weight is 340 g/mol. The second-order valence-electron chi connectivity index (χ2n) is 7.20. The quantitative estimate of drug-likeness (QED) is 0.882. The summed E-state index contributed by atoms with van der Waals surface area (Å²) in [6.45, 7) is 2.68. The highest BCUT2D eigenvalue weighted by Crippen LogP contribution is 2.32. The maximum absolute atomic E-state index is 13.2. The number of carbonyl (C=O) groups is 1. The van der Waals surface area contributed by atoms with E-state index in [2.05, 4.69) is 15.2 Å². The van der Waals surface area contributed by atoms with Crippen LogP contribution in [0.25, 0.3) is 0 Å². The Labute approximate surface area is 146 Å². The molecule has 0 bridgehead atoms. The first-order valence-electron chi connectivity index (χ1n) is 9.21. The Morgan fingerprint density at radius 3 is 2.88 bits per heavy atom. The number of fused-ring (bicyclic) bond motifs is 1. The molecule has 2 aromatic heterocycles. The Morgan fingerprint density at radius 2 is 2.08 bits per heavy atom. The van der Waals surface area contributed by atoms with Crippen LogP contribution in [0.15, 0.2) is 17.1 Å². The molecule has 2 aromatic rings. The third-order valence-electron chi connectivity index (χ3n) is 5.53. The molecule has 1 fully saturated rings. The lowest BCUT2D eigenvalue weighted by atomic mass is 9.93. The molecule has 6 nitrogen and oxygen atoms in total. The van der Waals surface area contributed by atoms with Gasteiger partial charge in [0.25, 0.3) is 11.5 Å². The summed E-state index contributed by atoms with van der Waals surface area (Å²) < 4.78 is 0. The van der Waals surface area contributed by atoms with Gasteiger partial charge < -0.3 is 9.88 Å². The Kier molecular flexibility index (Phi) is 4.19. The number of H-pyrrole nitrogens is 2. The maximum Gasteiger partial charge on any atom is 0.261 e. The predicted molar refractivity (Wildman–Crippen MR) is 94.7 cm³/mol. The highest BCUT2D eigenvalue weighted by atomic mass is 16.2. The molecule has 1 saturated heterocycles. The van der Waals surface area contributed by atoms with Crippen LogP contribution in [-0.4, -0.2) is 32.5 Å². The molecule has 2 N–H and O–H groups in total. The molecule has 132 valence electrons. The minimum absolute atomic E-state index is 0.0285. The summed E-state index contributed by atoms with van der Waals surface area (Å²) in [7, 11) is 0. The van der Waals surface area contributed by atoms with Crippen molar-refractivity contribution in [2.75, 3.05) is 6.54 Å². The fourth-order valence-corrected chi connectivity index (χ4v) is 4.16. The summed E-state index contributed by atoms with van der Waals surface area (Å²) >= 11 is 0. The molecule has 1 atom stereocenters. The summed E-state index contributed by atoms with van der Waals surface area (Å²) in [5, 5.41) is 7.15.